The minimum atomic E-state index is -0.130. The molecule has 3 aliphatic rings. The van der Waals surface area contributed by atoms with Crippen LogP contribution in [0.1, 0.15) is 19.3 Å². The Bertz CT molecular complexity index is 1140. The van der Waals surface area contributed by atoms with E-state index in [0.717, 1.165) is 61.8 Å². The first kappa shape index (κ1) is 17.9. The largest absolute Gasteiger partial charge is 0.365 e. The van der Waals surface area contributed by atoms with E-state index in [0.29, 0.717) is 23.0 Å². The molecule has 7 heteroatoms. The first-order valence-corrected chi connectivity index (χ1v) is 11.0. The number of aromatic nitrogens is 3. The summed E-state index contributed by atoms with van der Waals surface area (Å²) < 4.78 is 0. The van der Waals surface area contributed by atoms with Gasteiger partial charge in [0.05, 0.1) is 11.2 Å². The van der Waals surface area contributed by atoms with Crippen LogP contribution in [-0.4, -0.2) is 47.2 Å². The molecular formula is C23H26N6O. The summed E-state index contributed by atoms with van der Waals surface area (Å²) >= 11 is 0. The standard InChI is InChI=1S/C23H26N6O/c30-22-20(19-8-7-14-4-1-2-6-18(14)26-19)21(25-17-5-3-9-24-11-17)27-23(28-22)29-12-15-10-16(15)13-29/h1-2,4,6-8,15-17,24H,3,5,9-13H2,(H2,25,27,28,30). The molecule has 2 aromatic heterocycles. The van der Waals surface area contributed by atoms with Crippen LogP contribution in [0, 0.1) is 11.8 Å². The third kappa shape index (κ3) is 3.23. The van der Waals surface area contributed by atoms with Crippen molar-refractivity contribution in [3.8, 4) is 11.3 Å². The predicted octanol–water partition coefficient (Wildman–Crippen LogP) is 2.61. The molecule has 1 saturated carbocycles. The van der Waals surface area contributed by atoms with Crippen LogP contribution in [0.4, 0.5) is 11.8 Å². The first-order chi connectivity index (χ1) is 14.7. The number of H-pyrrole nitrogens is 1. The van der Waals surface area contributed by atoms with E-state index in [1.54, 1.807) is 0 Å². The fourth-order valence-electron chi connectivity index (χ4n) is 4.90. The molecule has 4 heterocycles. The number of rotatable bonds is 4. The van der Waals surface area contributed by atoms with Gasteiger partial charge in [-0.15, -0.1) is 0 Å². The van der Waals surface area contributed by atoms with Crippen molar-refractivity contribution in [2.45, 2.75) is 25.3 Å². The summed E-state index contributed by atoms with van der Waals surface area (Å²) in [6.45, 7) is 3.90. The van der Waals surface area contributed by atoms with Crippen molar-refractivity contribution in [2.24, 2.45) is 11.8 Å². The Morgan fingerprint density at radius 1 is 1.07 bits per heavy atom. The lowest BCUT2D eigenvalue weighted by Crippen LogP contribution is -2.39. The molecule has 0 amide bonds. The monoisotopic (exact) mass is 402 g/mol. The van der Waals surface area contributed by atoms with E-state index in [4.69, 9.17) is 9.97 Å². The normalized spacial score (nSPS) is 25.3. The van der Waals surface area contributed by atoms with Gasteiger partial charge in [-0.05, 0) is 49.8 Å². The number of hydrogen-bond donors (Lipinski definition) is 3. The predicted molar refractivity (Wildman–Crippen MR) is 119 cm³/mol. The molecular weight excluding hydrogens is 376 g/mol. The molecule has 3 unspecified atom stereocenters. The van der Waals surface area contributed by atoms with Crippen LogP contribution in [0.15, 0.2) is 41.2 Å². The van der Waals surface area contributed by atoms with E-state index in [-0.39, 0.29) is 11.6 Å². The summed E-state index contributed by atoms with van der Waals surface area (Å²) in [6.07, 6.45) is 3.50. The van der Waals surface area contributed by atoms with Crippen molar-refractivity contribution in [1.29, 1.82) is 0 Å². The summed E-state index contributed by atoms with van der Waals surface area (Å²) in [4.78, 5) is 28.2. The molecule has 6 rings (SSSR count). The average molecular weight is 403 g/mol. The van der Waals surface area contributed by atoms with Crippen LogP contribution in [0.25, 0.3) is 22.2 Å². The molecule has 3 aromatic rings. The Morgan fingerprint density at radius 2 is 1.93 bits per heavy atom. The quantitative estimate of drug-likeness (QED) is 0.622. The van der Waals surface area contributed by atoms with Crippen LogP contribution in [0.5, 0.6) is 0 Å². The Morgan fingerprint density at radius 3 is 2.77 bits per heavy atom. The van der Waals surface area contributed by atoms with Gasteiger partial charge in [-0.25, -0.2) is 4.98 Å². The number of hydrogen-bond acceptors (Lipinski definition) is 6. The molecule has 2 aliphatic heterocycles. The van der Waals surface area contributed by atoms with Crippen LogP contribution >= 0.6 is 0 Å². The summed E-state index contributed by atoms with van der Waals surface area (Å²) in [5, 5.41) is 8.05. The maximum absolute atomic E-state index is 13.3. The third-order valence-electron chi connectivity index (χ3n) is 6.68. The zero-order valence-corrected chi connectivity index (χ0v) is 16.9. The zero-order valence-electron chi connectivity index (χ0n) is 16.9. The molecule has 0 spiro atoms. The number of fused-ring (bicyclic) bond motifs is 2. The smallest absolute Gasteiger partial charge is 0.263 e. The van der Waals surface area contributed by atoms with Crippen LogP contribution in [0.3, 0.4) is 0 Å². The van der Waals surface area contributed by atoms with Gasteiger partial charge in [0.2, 0.25) is 5.95 Å². The molecule has 154 valence electrons. The van der Waals surface area contributed by atoms with E-state index in [1.807, 2.05) is 36.4 Å². The molecule has 3 atom stereocenters. The number of nitrogens with zero attached hydrogens (tertiary/aromatic N) is 3. The maximum Gasteiger partial charge on any atom is 0.263 e. The Kier molecular flexibility index (Phi) is 4.23. The molecule has 7 nitrogen and oxygen atoms in total. The van der Waals surface area contributed by atoms with Gasteiger partial charge in [-0.1, -0.05) is 24.3 Å². The maximum atomic E-state index is 13.3. The molecule has 1 aliphatic carbocycles. The van der Waals surface area contributed by atoms with E-state index < -0.39 is 0 Å². The highest BCUT2D eigenvalue weighted by Crippen LogP contribution is 2.45. The third-order valence-corrected chi connectivity index (χ3v) is 6.68. The number of benzene rings is 1. The lowest BCUT2D eigenvalue weighted by molar-refractivity contribution is 0.479. The van der Waals surface area contributed by atoms with Crippen molar-refractivity contribution in [2.75, 3.05) is 36.4 Å². The minimum Gasteiger partial charge on any atom is -0.365 e. The Labute approximate surface area is 174 Å². The first-order valence-electron chi connectivity index (χ1n) is 11.0. The van der Waals surface area contributed by atoms with Crippen molar-refractivity contribution in [3.63, 3.8) is 0 Å². The number of para-hydroxylation sites is 1. The van der Waals surface area contributed by atoms with Crippen LogP contribution in [0.2, 0.25) is 0 Å². The van der Waals surface area contributed by atoms with Gasteiger partial charge in [0.15, 0.2) is 0 Å². The molecule has 30 heavy (non-hydrogen) atoms. The molecule has 1 aromatic carbocycles. The second-order valence-corrected chi connectivity index (χ2v) is 8.85. The van der Waals surface area contributed by atoms with Crippen LogP contribution in [-0.2, 0) is 0 Å². The van der Waals surface area contributed by atoms with Crippen LogP contribution < -0.4 is 21.1 Å². The second-order valence-electron chi connectivity index (χ2n) is 8.85. The van der Waals surface area contributed by atoms with Gasteiger partial charge < -0.3 is 15.5 Å². The highest BCUT2D eigenvalue weighted by molar-refractivity contribution is 5.83. The number of aromatic amines is 1. The number of piperidine rings is 2. The van der Waals surface area contributed by atoms with Gasteiger partial charge in [0.1, 0.15) is 11.4 Å². The lowest BCUT2D eigenvalue weighted by atomic mass is 10.1. The van der Waals surface area contributed by atoms with E-state index in [9.17, 15) is 4.79 Å². The molecule has 2 saturated heterocycles. The van der Waals surface area contributed by atoms with Gasteiger partial charge in [-0.3, -0.25) is 9.78 Å². The summed E-state index contributed by atoms with van der Waals surface area (Å²) in [5.74, 6) is 2.88. The fraction of sp³-hybridized carbons (Fsp3) is 0.435. The van der Waals surface area contributed by atoms with E-state index >= 15 is 0 Å². The highest BCUT2D eigenvalue weighted by Gasteiger charge is 2.45. The van der Waals surface area contributed by atoms with Crippen molar-refractivity contribution < 1.29 is 0 Å². The lowest BCUT2D eigenvalue weighted by Gasteiger charge is -2.26. The number of nitrogens with one attached hydrogen (secondary N) is 3. The van der Waals surface area contributed by atoms with Gasteiger partial charge >= 0.3 is 0 Å². The van der Waals surface area contributed by atoms with Crippen molar-refractivity contribution in [1.82, 2.24) is 20.3 Å². The van der Waals surface area contributed by atoms with E-state index in [2.05, 4.69) is 20.5 Å². The molecule has 3 fully saturated rings. The average Bonchev–Trinajstić information content (AvgIpc) is 3.38. The van der Waals surface area contributed by atoms with E-state index in [1.165, 1.54) is 6.42 Å². The fourth-order valence-corrected chi connectivity index (χ4v) is 4.90. The SMILES string of the molecule is O=c1[nH]c(N2CC3CC3C2)nc(NC2CCCNC2)c1-c1ccc2ccccc2n1. The zero-order chi connectivity index (χ0) is 20.1. The summed E-state index contributed by atoms with van der Waals surface area (Å²) in [7, 11) is 0. The summed E-state index contributed by atoms with van der Waals surface area (Å²) in [5.41, 5.74) is 1.93. The van der Waals surface area contributed by atoms with Crippen molar-refractivity contribution in [3.05, 3.63) is 46.8 Å². The topological polar surface area (TPSA) is 85.9 Å². The van der Waals surface area contributed by atoms with Crippen molar-refractivity contribution >= 4 is 22.7 Å². The van der Waals surface area contributed by atoms with Gasteiger partial charge in [0.25, 0.3) is 5.56 Å². The molecule has 0 bridgehead atoms. The highest BCUT2D eigenvalue weighted by atomic mass is 16.1. The minimum absolute atomic E-state index is 0.130. The van der Waals surface area contributed by atoms with Gasteiger partial charge in [0, 0.05) is 31.1 Å². The summed E-state index contributed by atoms with van der Waals surface area (Å²) in [6, 6.07) is 12.2. The Hall–Kier alpha value is -2.93. The van der Waals surface area contributed by atoms with Gasteiger partial charge in [-0.2, -0.15) is 4.98 Å². The molecule has 3 N–H and O–H groups in total. The number of anilines is 2. The second kappa shape index (κ2) is 7.09. The number of pyridine rings is 1. The molecule has 0 radical (unpaired) electrons. The Balaban J connectivity index is 1.43.